The molecule has 0 saturated carbocycles. The number of hydrogen-bond donors (Lipinski definition) is 0. The Kier molecular flexibility index (Phi) is 6.16. The summed E-state index contributed by atoms with van der Waals surface area (Å²) in [5.41, 5.74) is 0.458. The fourth-order valence-corrected chi connectivity index (χ4v) is 3.97. The molecule has 0 saturated heterocycles. The Morgan fingerprint density at radius 3 is 2.32 bits per heavy atom. The van der Waals surface area contributed by atoms with Gasteiger partial charge in [0.1, 0.15) is 22.3 Å². The summed E-state index contributed by atoms with van der Waals surface area (Å²) >= 11 is 10.6. The topological polar surface area (TPSA) is 44.8 Å². The van der Waals surface area contributed by atoms with Crippen molar-refractivity contribution in [3.05, 3.63) is 48.1 Å². The fraction of sp³-hybridized carbons (Fsp3) is 0.133. The minimum absolute atomic E-state index is 0.391. The second kappa shape index (κ2) is 7.69. The van der Waals surface area contributed by atoms with Crippen molar-refractivity contribution in [2.75, 3.05) is 14.2 Å². The van der Waals surface area contributed by atoms with Crippen LogP contribution in [0.1, 0.15) is 10.4 Å². The van der Waals surface area contributed by atoms with Gasteiger partial charge in [0, 0.05) is 0 Å². The van der Waals surface area contributed by atoms with E-state index in [2.05, 4.69) is 49.9 Å². The van der Waals surface area contributed by atoms with E-state index in [0.717, 1.165) is 12.9 Å². The standard InChI is InChI=1S/C15H11ClI2O4/c1-20-14-10(17)7-11(12(16)13(14)18)22-9-5-3-8(4-6-9)15(19)21-2/h3-7H,1-2H3. The zero-order chi connectivity index (χ0) is 16.3. The molecule has 0 unspecified atom stereocenters. The zero-order valence-corrected chi connectivity index (χ0v) is 16.7. The summed E-state index contributed by atoms with van der Waals surface area (Å²) in [7, 11) is 2.94. The van der Waals surface area contributed by atoms with Gasteiger partial charge in [-0.25, -0.2) is 4.79 Å². The molecule has 2 rings (SSSR count). The van der Waals surface area contributed by atoms with Crippen molar-refractivity contribution in [2.45, 2.75) is 0 Å². The summed E-state index contributed by atoms with van der Waals surface area (Å²) in [4.78, 5) is 11.4. The molecule has 2 aromatic carbocycles. The van der Waals surface area contributed by atoms with Crippen molar-refractivity contribution in [3.8, 4) is 17.2 Å². The molecule has 4 nitrogen and oxygen atoms in total. The van der Waals surface area contributed by atoms with Crippen LogP contribution >= 0.6 is 56.8 Å². The molecule has 0 atom stereocenters. The van der Waals surface area contributed by atoms with Gasteiger partial charge in [0.25, 0.3) is 0 Å². The molecule has 0 aromatic heterocycles. The van der Waals surface area contributed by atoms with Crippen LogP contribution in [-0.4, -0.2) is 20.2 Å². The summed E-state index contributed by atoms with van der Waals surface area (Å²) in [6.07, 6.45) is 0. The molecule has 116 valence electrons. The van der Waals surface area contributed by atoms with E-state index in [1.165, 1.54) is 7.11 Å². The summed E-state index contributed by atoms with van der Waals surface area (Å²) in [6, 6.07) is 8.44. The Hall–Kier alpha value is -0.740. The molecule has 22 heavy (non-hydrogen) atoms. The summed E-state index contributed by atoms with van der Waals surface area (Å²) < 4.78 is 17.4. The number of halogens is 3. The van der Waals surface area contributed by atoms with E-state index >= 15 is 0 Å². The highest BCUT2D eigenvalue weighted by atomic mass is 127. The second-order valence-corrected chi connectivity index (χ2v) is 6.75. The minimum Gasteiger partial charge on any atom is -0.494 e. The van der Waals surface area contributed by atoms with Gasteiger partial charge < -0.3 is 14.2 Å². The van der Waals surface area contributed by atoms with Crippen molar-refractivity contribution in [1.82, 2.24) is 0 Å². The highest BCUT2D eigenvalue weighted by Gasteiger charge is 2.16. The molecule has 0 aliphatic rings. The molecular formula is C15H11ClI2O4. The first-order chi connectivity index (χ1) is 10.5. The third-order valence-electron chi connectivity index (χ3n) is 2.79. The summed E-state index contributed by atoms with van der Waals surface area (Å²) in [5.74, 6) is 1.44. The van der Waals surface area contributed by atoms with E-state index in [9.17, 15) is 4.79 Å². The average molecular weight is 545 g/mol. The van der Waals surface area contributed by atoms with Gasteiger partial charge >= 0.3 is 5.97 Å². The second-order valence-electron chi connectivity index (χ2n) is 4.14. The minimum atomic E-state index is -0.391. The van der Waals surface area contributed by atoms with Crippen molar-refractivity contribution < 1.29 is 19.0 Å². The lowest BCUT2D eigenvalue weighted by atomic mass is 10.2. The van der Waals surface area contributed by atoms with Crippen LogP contribution in [0.4, 0.5) is 0 Å². The first-order valence-electron chi connectivity index (χ1n) is 6.05. The largest absolute Gasteiger partial charge is 0.494 e. The Labute approximate surface area is 160 Å². The first-order valence-corrected chi connectivity index (χ1v) is 8.59. The number of benzene rings is 2. The van der Waals surface area contributed by atoms with E-state index < -0.39 is 5.97 Å². The lowest BCUT2D eigenvalue weighted by Gasteiger charge is -2.13. The van der Waals surface area contributed by atoms with Crippen molar-refractivity contribution >= 4 is 62.8 Å². The van der Waals surface area contributed by atoms with Crippen molar-refractivity contribution in [2.24, 2.45) is 0 Å². The van der Waals surface area contributed by atoms with Crippen LogP contribution in [0.2, 0.25) is 5.02 Å². The zero-order valence-electron chi connectivity index (χ0n) is 11.7. The van der Waals surface area contributed by atoms with Gasteiger partial charge in [-0.2, -0.15) is 0 Å². The number of methoxy groups -OCH3 is 2. The smallest absolute Gasteiger partial charge is 0.337 e. The highest BCUT2D eigenvalue weighted by molar-refractivity contribution is 14.1. The van der Waals surface area contributed by atoms with Crippen LogP contribution in [0.5, 0.6) is 17.2 Å². The molecule has 0 radical (unpaired) electrons. The van der Waals surface area contributed by atoms with Crippen LogP contribution in [0.15, 0.2) is 30.3 Å². The van der Waals surface area contributed by atoms with Crippen molar-refractivity contribution in [1.29, 1.82) is 0 Å². The molecule has 0 heterocycles. The SMILES string of the molecule is COC(=O)c1ccc(Oc2cc(I)c(OC)c(I)c2Cl)cc1. The van der Waals surface area contributed by atoms with E-state index in [0.29, 0.717) is 22.1 Å². The molecule has 2 aromatic rings. The quantitative estimate of drug-likeness (QED) is 0.304. The van der Waals surface area contributed by atoms with E-state index in [1.807, 2.05) is 0 Å². The number of carbonyl (C=O) groups is 1. The van der Waals surface area contributed by atoms with Gasteiger partial charge in [0.05, 0.1) is 26.9 Å². The molecule has 0 spiro atoms. The lowest BCUT2D eigenvalue weighted by molar-refractivity contribution is 0.0600. The predicted octanol–water partition coefficient (Wildman–Crippen LogP) is 5.14. The molecule has 0 bridgehead atoms. The molecule has 0 N–H and O–H groups in total. The van der Waals surface area contributed by atoms with Crippen LogP contribution in [-0.2, 0) is 4.74 Å². The van der Waals surface area contributed by atoms with Crippen LogP contribution < -0.4 is 9.47 Å². The Balaban J connectivity index is 2.29. The number of ether oxygens (including phenoxy) is 3. The third kappa shape index (κ3) is 3.77. The molecule has 0 amide bonds. The maximum atomic E-state index is 11.4. The first kappa shape index (κ1) is 17.6. The summed E-state index contributed by atoms with van der Waals surface area (Å²) in [5, 5.41) is 0.481. The van der Waals surface area contributed by atoms with Gasteiger partial charge in [0.15, 0.2) is 0 Å². The number of hydrogen-bond acceptors (Lipinski definition) is 4. The molecule has 7 heteroatoms. The van der Waals surface area contributed by atoms with Crippen LogP contribution in [0, 0.1) is 7.14 Å². The average Bonchev–Trinajstić information content (AvgIpc) is 2.53. The highest BCUT2D eigenvalue weighted by Crippen LogP contribution is 2.41. The fourth-order valence-electron chi connectivity index (χ4n) is 1.72. The van der Waals surface area contributed by atoms with Crippen LogP contribution in [0.25, 0.3) is 0 Å². The van der Waals surface area contributed by atoms with Gasteiger partial charge in [0.2, 0.25) is 0 Å². The molecule has 0 aliphatic heterocycles. The molecule has 0 fully saturated rings. The van der Waals surface area contributed by atoms with E-state index in [4.69, 9.17) is 21.1 Å². The van der Waals surface area contributed by atoms with Gasteiger partial charge in [-0.05, 0) is 75.5 Å². The van der Waals surface area contributed by atoms with Gasteiger partial charge in [-0.1, -0.05) is 11.6 Å². The molecular weight excluding hydrogens is 533 g/mol. The van der Waals surface area contributed by atoms with Gasteiger partial charge in [-0.15, -0.1) is 0 Å². The van der Waals surface area contributed by atoms with Crippen molar-refractivity contribution in [3.63, 3.8) is 0 Å². The maximum Gasteiger partial charge on any atom is 0.337 e. The predicted molar refractivity (Wildman–Crippen MR) is 101 cm³/mol. The summed E-state index contributed by atoms with van der Waals surface area (Å²) in [6.45, 7) is 0. The normalized spacial score (nSPS) is 10.2. The Morgan fingerprint density at radius 1 is 1.14 bits per heavy atom. The Bertz CT molecular complexity index is 702. The monoisotopic (exact) mass is 544 g/mol. The Morgan fingerprint density at radius 2 is 1.77 bits per heavy atom. The third-order valence-corrected chi connectivity index (χ3v) is 5.32. The maximum absolute atomic E-state index is 11.4. The lowest BCUT2D eigenvalue weighted by Crippen LogP contribution is -2.00. The van der Waals surface area contributed by atoms with Gasteiger partial charge in [-0.3, -0.25) is 0 Å². The van der Waals surface area contributed by atoms with E-state index in [1.54, 1.807) is 37.4 Å². The van der Waals surface area contributed by atoms with E-state index in [-0.39, 0.29) is 0 Å². The molecule has 0 aliphatic carbocycles. The van der Waals surface area contributed by atoms with Crippen LogP contribution in [0.3, 0.4) is 0 Å². The number of rotatable bonds is 4. The number of esters is 1. The number of carbonyl (C=O) groups excluding carboxylic acids is 1.